The Hall–Kier alpha value is 0.480. The predicted octanol–water partition coefficient (Wildman–Crippen LogP) is 5.40. The molecule has 1 aromatic rings. The van der Waals surface area contributed by atoms with Crippen LogP contribution in [0.5, 0.6) is 0 Å². The number of hydrogen-bond donors (Lipinski definition) is 1. The van der Waals surface area contributed by atoms with E-state index >= 15 is 0 Å². The molecule has 0 aromatic carbocycles. The first kappa shape index (κ1) is 16.8. The lowest BCUT2D eigenvalue weighted by Crippen LogP contribution is -2.21. The molecule has 2 nitrogen and oxygen atoms in total. The molecule has 1 aliphatic heterocycles. The van der Waals surface area contributed by atoms with E-state index in [4.69, 9.17) is 12.2 Å². The molecule has 1 N–H and O–H groups in total. The van der Waals surface area contributed by atoms with Crippen molar-refractivity contribution in [2.75, 3.05) is 11.5 Å². The zero-order valence-corrected chi connectivity index (χ0v) is 16.1. The number of thioether (sulfide) groups is 2. The number of H-pyrrole nitrogens is 1. The van der Waals surface area contributed by atoms with Gasteiger partial charge in [-0.1, -0.05) is 33.0 Å². The van der Waals surface area contributed by atoms with Gasteiger partial charge in [0.15, 0.2) is 0 Å². The van der Waals surface area contributed by atoms with Crippen molar-refractivity contribution in [1.82, 2.24) is 9.97 Å². The van der Waals surface area contributed by atoms with E-state index in [1.54, 1.807) is 0 Å². The molecule has 0 radical (unpaired) electrons. The van der Waals surface area contributed by atoms with Crippen molar-refractivity contribution in [3.05, 3.63) is 20.6 Å². The summed E-state index contributed by atoms with van der Waals surface area (Å²) >= 11 is 13.1. The number of aromatic nitrogens is 2. The Kier molecular flexibility index (Phi) is 6.45. The summed E-state index contributed by atoms with van der Waals surface area (Å²) in [5, 5.41) is 1.08. The molecular formula is C14H21BrN2S3. The van der Waals surface area contributed by atoms with Gasteiger partial charge in [-0.2, -0.15) is 11.8 Å². The summed E-state index contributed by atoms with van der Waals surface area (Å²) < 4.78 is 1.66. The number of nitrogens with zero attached hydrogens (tertiary/aromatic N) is 1. The minimum Gasteiger partial charge on any atom is -0.345 e. The highest BCUT2D eigenvalue weighted by atomic mass is 79.9. The van der Waals surface area contributed by atoms with Crippen molar-refractivity contribution in [2.24, 2.45) is 5.92 Å². The Balaban J connectivity index is 2.36. The Morgan fingerprint density at radius 1 is 1.40 bits per heavy atom. The van der Waals surface area contributed by atoms with Gasteiger partial charge >= 0.3 is 0 Å². The van der Waals surface area contributed by atoms with Gasteiger partial charge in [0.25, 0.3) is 0 Å². The normalized spacial score (nSPS) is 23.2. The molecule has 2 rings (SSSR count). The first-order chi connectivity index (χ1) is 9.52. The molecule has 1 aliphatic rings. The Morgan fingerprint density at radius 3 is 2.75 bits per heavy atom. The fourth-order valence-electron chi connectivity index (χ4n) is 2.36. The number of nitrogens with one attached hydrogen (secondary N) is 1. The van der Waals surface area contributed by atoms with Crippen molar-refractivity contribution in [3.8, 4) is 0 Å². The lowest BCUT2D eigenvalue weighted by Gasteiger charge is -2.29. The van der Waals surface area contributed by atoms with Crippen molar-refractivity contribution in [1.29, 1.82) is 0 Å². The summed E-state index contributed by atoms with van der Waals surface area (Å²) in [4.78, 5) is 8.20. The number of hydrogen-bond acceptors (Lipinski definition) is 4. The summed E-state index contributed by atoms with van der Waals surface area (Å²) in [7, 11) is 0. The minimum atomic E-state index is 0.444. The Labute approximate surface area is 143 Å². The fourth-order valence-corrected chi connectivity index (χ4v) is 5.95. The maximum atomic E-state index is 5.43. The molecule has 2 unspecified atom stereocenters. The standard InChI is InChI=1S/C14H21BrN2S3/c1-4-10-12(20-6-5-19-10)13-16-9(7-8(2)3)11(15)14(18)17-13/h8,10,12H,4-7H2,1-3H3,(H,16,17,18). The molecule has 2 atom stereocenters. The molecule has 6 heteroatoms. The minimum absolute atomic E-state index is 0.444. The third-order valence-electron chi connectivity index (χ3n) is 3.29. The fraction of sp³-hybridized carbons (Fsp3) is 0.714. The lowest BCUT2D eigenvalue weighted by atomic mass is 10.1. The predicted molar refractivity (Wildman–Crippen MR) is 97.4 cm³/mol. The van der Waals surface area contributed by atoms with E-state index in [2.05, 4.69) is 58.4 Å². The number of aromatic amines is 1. The third kappa shape index (κ3) is 4.02. The second-order valence-electron chi connectivity index (χ2n) is 5.43. The van der Waals surface area contributed by atoms with Crippen LogP contribution in [0, 0.1) is 10.6 Å². The molecule has 0 bridgehead atoms. The summed E-state index contributed by atoms with van der Waals surface area (Å²) in [5.41, 5.74) is 1.20. The third-order valence-corrected chi connectivity index (χ3v) is 7.96. The van der Waals surface area contributed by atoms with Crippen LogP contribution in [-0.2, 0) is 6.42 Å². The van der Waals surface area contributed by atoms with Crippen LogP contribution < -0.4 is 0 Å². The van der Waals surface area contributed by atoms with Gasteiger partial charge in [0.2, 0.25) is 0 Å². The number of rotatable bonds is 4. The van der Waals surface area contributed by atoms with E-state index in [9.17, 15) is 0 Å². The van der Waals surface area contributed by atoms with Crippen LogP contribution in [0.4, 0.5) is 0 Å². The van der Waals surface area contributed by atoms with Gasteiger partial charge < -0.3 is 4.98 Å². The summed E-state index contributed by atoms with van der Waals surface area (Å²) in [6.45, 7) is 6.71. The molecule has 1 fully saturated rings. The zero-order valence-electron chi connectivity index (χ0n) is 12.1. The topological polar surface area (TPSA) is 28.7 Å². The van der Waals surface area contributed by atoms with Gasteiger partial charge in [-0.3, -0.25) is 0 Å². The van der Waals surface area contributed by atoms with Crippen molar-refractivity contribution in [2.45, 2.75) is 44.1 Å². The first-order valence-electron chi connectivity index (χ1n) is 7.04. The highest BCUT2D eigenvalue weighted by Gasteiger charge is 2.28. The molecule has 0 saturated carbocycles. The van der Waals surface area contributed by atoms with Crippen LogP contribution in [0.2, 0.25) is 0 Å². The number of halogens is 1. The van der Waals surface area contributed by atoms with Crippen LogP contribution in [0.1, 0.15) is 44.0 Å². The van der Waals surface area contributed by atoms with Crippen LogP contribution >= 0.6 is 51.7 Å². The maximum Gasteiger partial charge on any atom is 0.144 e. The van der Waals surface area contributed by atoms with E-state index in [0.29, 0.717) is 21.1 Å². The molecule has 0 aliphatic carbocycles. The largest absolute Gasteiger partial charge is 0.345 e. The van der Waals surface area contributed by atoms with Crippen molar-refractivity contribution < 1.29 is 0 Å². The van der Waals surface area contributed by atoms with E-state index < -0.39 is 0 Å². The highest BCUT2D eigenvalue weighted by Crippen LogP contribution is 2.43. The van der Waals surface area contributed by atoms with Crippen LogP contribution in [0.15, 0.2) is 4.47 Å². The van der Waals surface area contributed by atoms with E-state index in [1.807, 2.05) is 11.8 Å². The summed E-state index contributed by atoms with van der Waals surface area (Å²) in [6, 6.07) is 0. The van der Waals surface area contributed by atoms with Gasteiger partial charge in [-0.15, -0.1) is 11.8 Å². The molecular weight excluding hydrogens is 372 g/mol. The lowest BCUT2D eigenvalue weighted by molar-refractivity contribution is 0.623. The second-order valence-corrected chi connectivity index (χ2v) is 9.20. The quantitative estimate of drug-likeness (QED) is 0.694. The van der Waals surface area contributed by atoms with Crippen LogP contribution in [0.25, 0.3) is 0 Å². The molecule has 112 valence electrons. The zero-order chi connectivity index (χ0) is 14.7. The molecule has 0 amide bonds. The molecule has 1 aromatic heterocycles. The van der Waals surface area contributed by atoms with Gasteiger partial charge in [0, 0.05) is 22.4 Å². The van der Waals surface area contributed by atoms with Gasteiger partial charge in [-0.25, -0.2) is 4.98 Å². The molecule has 20 heavy (non-hydrogen) atoms. The summed E-state index contributed by atoms with van der Waals surface area (Å²) in [5.74, 6) is 4.11. The first-order valence-corrected chi connectivity index (χ1v) is 10.3. The smallest absolute Gasteiger partial charge is 0.144 e. The van der Waals surface area contributed by atoms with Crippen LogP contribution in [0.3, 0.4) is 0 Å². The van der Waals surface area contributed by atoms with Gasteiger partial charge in [0.1, 0.15) is 10.5 Å². The monoisotopic (exact) mass is 392 g/mol. The molecule has 0 spiro atoms. The van der Waals surface area contributed by atoms with Crippen molar-refractivity contribution >= 4 is 51.7 Å². The van der Waals surface area contributed by atoms with E-state index in [1.165, 1.54) is 23.6 Å². The van der Waals surface area contributed by atoms with Crippen molar-refractivity contribution in [3.63, 3.8) is 0 Å². The van der Waals surface area contributed by atoms with E-state index in [-0.39, 0.29) is 0 Å². The molecule has 2 heterocycles. The highest BCUT2D eigenvalue weighted by molar-refractivity contribution is 9.10. The second kappa shape index (κ2) is 7.65. The Bertz CT molecular complexity index is 516. The van der Waals surface area contributed by atoms with Crippen LogP contribution in [-0.4, -0.2) is 26.7 Å². The van der Waals surface area contributed by atoms with E-state index in [0.717, 1.165) is 16.7 Å². The average Bonchev–Trinajstić information content (AvgIpc) is 2.43. The van der Waals surface area contributed by atoms with Gasteiger partial charge in [-0.05, 0) is 34.7 Å². The van der Waals surface area contributed by atoms with Gasteiger partial charge in [0.05, 0.1) is 9.72 Å². The summed E-state index contributed by atoms with van der Waals surface area (Å²) in [6.07, 6.45) is 2.18. The maximum absolute atomic E-state index is 5.43. The molecule has 1 saturated heterocycles. The average molecular weight is 393 g/mol. The SMILES string of the molecule is CCC1SCCSC1c1nc(=S)c(Br)c(CC(C)C)[nH]1. The Morgan fingerprint density at radius 2 is 2.10 bits per heavy atom.